The van der Waals surface area contributed by atoms with Crippen LogP contribution in [0.4, 0.5) is 5.95 Å². The second kappa shape index (κ2) is 4.53. The number of hydrogen-bond acceptors (Lipinski definition) is 5. The Labute approximate surface area is 82.4 Å². The molecular weight excluding hydrogens is 180 g/mol. The van der Waals surface area contributed by atoms with Crippen molar-refractivity contribution in [2.24, 2.45) is 0 Å². The van der Waals surface area contributed by atoms with Gasteiger partial charge in [-0.05, 0) is 25.8 Å². The zero-order valence-corrected chi connectivity index (χ0v) is 8.20. The molecular formula is C9H12N4O. The average molecular weight is 192 g/mol. The highest BCUT2D eigenvalue weighted by molar-refractivity contribution is 5.36. The number of aryl methyl sites for hydroxylation is 2. The van der Waals surface area contributed by atoms with Crippen molar-refractivity contribution in [3.05, 3.63) is 17.0 Å². The van der Waals surface area contributed by atoms with Crippen LogP contribution < -0.4 is 5.32 Å². The number of rotatable bonds is 3. The van der Waals surface area contributed by atoms with Gasteiger partial charge in [0.25, 0.3) is 0 Å². The van der Waals surface area contributed by atoms with E-state index < -0.39 is 0 Å². The van der Waals surface area contributed by atoms with Crippen LogP contribution >= 0.6 is 0 Å². The lowest BCUT2D eigenvalue weighted by Gasteiger charge is -2.07. The first-order chi connectivity index (χ1) is 6.69. The van der Waals surface area contributed by atoms with Gasteiger partial charge >= 0.3 is 0 Å². The van der Waals surface area contributed by atoms with E-state index in [0.29, 0.717) is 12.4 Å². The number of nitrogens with zero attached hydrogens (tertiary/aromatic N) is 3. The van der Waals surface area contributed by atoms with Gasteiger partial charge in [0.05, 0.1) is 0 Å². The van der Waals surface area contributed by atoms with E-state index in [1.807, 2.05) is 13.8 Å². The maximum atomic E-state index is 8.82. The quantitative estimate of drug-likeness (QED) is 0.539. The molecule has 2 N–H and O–H groups in total. The lowest BCUT2D eigenvalue weighted by molar-refractivity contribution is 0.299. The number of hydrogen-bond donors (Lipinski definition) is 2. The molecule has 0 aliphatic rings. The molecule has 0 radical (unpaired) electrons. The molecule has 0 bridgehead atoms. The molecule has 1 aromatic rings. The van der Waals surface area contributed by atoms with Gasteiger partial charge in [0.1, 0.15) is 0 Å². The summed E-state index contributed by atoms with van der Waals surface area (Å²) in [6.07, 6.45) is 2.31. The maximum Gasteiger partial charge on any atom is 0.236 e. The molecule has 14 heavy (non-hydrogen) atoms. The fourth-order valence-corrected chi connectivity index (χ4v) is 1.32. The predicted molar refractivity (Wildman–Crippen MR) is 51.5 cm³/mol. The zero-order chi connectivity index (χ0) is 10.6. The van der Waals surface area contributed by atoms with Gasteiger partial charge in [-0.1, -0.05) is 0 Å². The summed E-state index contributed by atoms with van der Waals surface area (Å²) in [6, 6.07) is 0. The smallest absolute Gasteiger partial charge is 0.236 e. The highest BCUT2D eigenvalue weighted by Gasteiger charge is 2.07. The standard InChI is InChI=1S/C9H12N4O/c1-6-8(3-4-14)7(2)13-9(12-6)11-5-10/h14H,3-4H2,1-2H3,(H,11,12,13). The number of nitrogens with one attached hydrogen (secondary N) is 1. The van der Waals surface area contributed by atoms with E-state index in [0.717, 1.165) is 17.0 Å². The normalized spacial score (nSPS) is 9.57. The molecule has 1 aromatic heterocycles. The van der Waals surface area contributed by atoms with Crippen LogP contribution in [0.15, 0.2) is 0 Å². The number of anilines is 1. The van der Waals surface area contributed by atoms with Crippen molar-refractivity contribution in [2.75, 3.05) is 11.9 Å². The first-order valence-corrected chi connectivity index (χ1v) is 4.29. The Morgan fingerprint density at radius 1 is 1.36 bits per heavy atom. The summed E-state index contributed by atoms with van der Waals surface area (Å²) in [5.41, 5.74) is 2.53. The van der Waals surface area contributed by atoms with Crippen molar-refractivity contribution in [1.29, 1.82) is 5.26 Å². The van der Waals surface area contributed by atoms with Crippen LogP contribution in [0.1, 0.15) is 17.0 Å². The second-order valence-electron chi connectivity index (χ2n) is 2.91. The third-order valence-corrected chi connectivity index (χ3v) is 1.95. The summed E-state index contributed by atoms with van der Waals surface area (Å²) >= 11 is 0. The van der Waals surface area contributed by atoms with Crippen LogP contribution in [-0.2, 0) is 6.42 Å². The minimum Gasteiger partial charge on any atom is -0.396 e. The van der Waals surface area contributed by atoms with Crippen LogP contribution in [0, 0.1) is 25.3 Å². The van der Waals surface area contributed by atoms with E-state index in [-0.39, 0.29) is 6.61 Å². The number of nitriles is 1. The van der Waals surface area contributed by atoms with Gasteiger partial charge < -0.3 is 5.11 Å². The Morgan fingerprint density at radius 2 is 1.93 bits per heavy atom. The first kappa shape index (κ1) is 10.4. The predicted octanol–water partition coefficient (Wildman–Crippen LogP) is 0.521. The molecule has 5 heteroatoms. The SMILES string of the molecule is Cc1nc(NC#N)nc(C)c1CCO. The van der Waals surface area contributed by atoms with Gasteiger partial charge in [-0.25, -0.2) is 9.97 Å². The van der Waals surface area contributed by atoms with Crippen LogP contribution in [-0.4, -0.2) is 21.7 Å². The fraction of sp³-hybridized carbons (Fsp3) is 0.444. The van der Waals surface area contributed by atoms with Gasteiger partial charge in [0, 0.05) is 18.0 Å². The summed E-state index contributed by atoms with van der Waals surface area (Å²) in [4.78, 5) is 8.17. The topological polar surface area (TPSA) is 81.8 Å². The third-order valence-electron chi connectivity index (χ3n) is 1.95. The lowest BCUT2D eigenvalue weighted by Crippen LogP contribution is -2.06. The Hall–Kier alpha value is -1.67. The molecule has 0 aliphatic carbocycles. The molecule has 0 atom stereocenters. The summed E-state index contributed by atoms with van der Waals surface area (Å²) in [5, 5.41) is 19.6. The van der Waals surface area contributed by atoms with Gasteiger partial charge in [-0.2, -0.15) is 5.26 Å². The number of aliphatic hydroxyl groups excluding tert-OH is 1. The summed E-state index contributed by atoms with van der Waals surface area (Å²) in [5.74, 6) is 0.309. The average Bonchev–Trinajstić information content (AvgIpc) is 2.12. The van der Waals surface area contributed by atoms with Gasteiger partial charge in [0.2, 0.25) is 5.95 Å². The van der Waals surface area contributed by atoms with E-state index in [1.54, 1.807) is 6.19 Å². The van der Waals surface area contributed by atoms with Crippen molar-refractivity contribution >= 4 is 5.95 Å². The van der Waals surface area contributed by atoms with E-state index in [2.05, 4.69) is 15.3 Å². The highest BCUT2D eigenvalue weighted by Crippen LogP contribution is 2.12. The van der Waals surface area contributed by atoms with E-state index in [4.69, 9.17) is 10.4 Å². The molecule has 0 aromatic carbocycles. The second-order valence-corrected chi connectivity index (χ2v) is 2.91. The van der Waals surface area contributed by atoms with Crippen molar-refractivity contribution in [2.45, 2.75) is 20.3 Å². The Bertz CT molecular complexity index is 347. The molecule has 0 aliphatic heterocycles. The monoisotopic (exact) mass is 192 g/mol. The van der Waals surface area contributed by atoms with E-state index in [9.17, 15) is 0 Å². The van der Waals surface area contributed by atoms with Crippen molar-refractivity contribution in [1.82, 2.24) is 9.97 Å². The molecule has 0 spiro atoms. The molecule has 0 fully saturated rings. The fourth-order valence-electron chi connectivity index (χ4n) is 1.32. The third kappa shape index (κ3) is 2.18. The number of aliphatic hydroxyl groups is 1. The molecule has 0 unspecified atom stereocenters. The molecule has 0 saturated heterocycles. The maximum absolute atomic E-state index is 8.82. The minimum atomic E-state index is 0.0794. The summed E-state index contributed by atoms with van der Waals surface area (Å²) < 4.78 is 0. The van der Waals surface area contributed by atoms with Crippen LogP contribution in [0.3, 0.4) is 0 Å². The van der Waals surface area contributed by atoms with E-state index in [1.165, 1.54) is 0 Å². The highest BCUT2D eigenvalue weighted by atomic mass is 16.2. The lowest BCUT2D eigenvalue weighted by atomic mass is 10.1. The van der Waals surface area contributed by atoms with Crippen molar-refractivity contribution in [3.63, 3.8) is 0 Å². The van der Waals surface area contributed by atoms with Gasteiger partial charge in [-0.15, -0.1) is 0 Å². The molecule has 74 valence electrons. The van der Waals surface area contributed by atoms with Crippen LogP contribution in [0.5, 0.6) is 0 Å². The Balaban J connectivity index is 3.06. The minimum absolute atomic E-state index is 0.0794. The van der Waals surface area contributed by atoms with Crippen molar-refractivity contribution < 1.29 is 5.11 Å². The van der Waals surface area contributed by atoms with E-state index >= 15 is 0 Å². The van der Waals surface area contributed by atoms with Crippen LogP contribution in [0.25, 0.3) is 0 Å². The largest absolute Gasteiger partial charge is 0.396 e. The molecule has 0 amide bonds. The van der Waals surface area contributed by atoms with Gasteiger partial charge in [0.15, 0.2) is 6.19 Å². The Kier molecular flexibility index (Phi) is 3.37. The zero-order valence-electron chi connectivity index (χ0n) is 8.20. The Morgan fingerprint density at radius 3 is 2.36 bits per heavy atom. The van der Waals surface area contributed by atoms with Crippen LogP contribution in [0.2, 0.25) is 0 Å². The number of aromatic nitrogens is 2. The summed E-state index contributed by atoms with van der Waals surface area (Å²) in [6.45, 7) is 3.75. The first-order valence-electron chi connectivity index (χ1n) is 4.29. The van der Waals surface area contributed by atoms with Crippen molar-refractivity contribution in [3.8, 4) is 6.19 Å². The molecule has 0 saturated carbocycles. The van der Waals surface area contributed by atoms with Gasteiger partial charge in [-0.3, -0.25) is 5.32 Å². The summed E-state index contributed by atoms with van der Waals surface area (Å²) in [7, 11) is 0. The molecule has 1 heterocycles. The molecule has 1 rings (SSSR count). The molecule has 5 nitrogen and oxygen atoms in total.